The first-order valence-electron chi connectivity index (χ1n) is 9.92. The van der Waals surface area contributed by atoms with E-state index in [1.807, 2.05) is 20.8 Å². The van der Waals surface area contributed by atoms with Crippen molar-refractivity contribution in [3.63, 3.8) is 0 Å². The fourth-order valence-corrected chi connectivity index (χ4v) is 6.41. The lowest BCUT2D eigenvalue weighted by Gasteiger charge is -2.22. The highest BCUT2D eigenvalue weighted by molar-refractivity contribution is 7.89. The van der Waals surface area contributed by atoms with Crippen LogP contribution in [-0.2, 0) is 26.2 Å². The number of hydrogen-bond donors (Lipinski definition) is 1. The summed E-state index contributed by atoms with van der Waals surface area (Å²) in [6.07, 6.45) is 0.954. The number of fused-ring (bicyclic) bond motifs is 1. The summed E-state index contributed by atoms with van der Waals surface area (Å²) in [7, 11) is -3.81. The zero-order valence-electron chi connectivity index (χ0n) is 17.5. The molecule has 2 aromatic heterocycles. The van der Waals surface area contributed by atoms with Crippen molar-refractivity contribution in [2.75, 3.05) is 6.54 Å². The highest BCUT2D eigenvalue weighted by Crippen LogP contribution is 2.28. The molecule has 0 bridgehead atoms. The molecule has 164 valence electrons. The molecule has 0 aliphatic carbocycles. The largest absolute Gasteiger partial charge is 0.456 e. The molecule has 1 N–H and O–H groups in total. The number of sulfonamides is 1. The third-order valence-corrected chi connectivity index (χ3v) is 8.57. The summed E-state index contributed by atoms with van der Waals surface area (Å²) >= 11 is 1.41. The van der Waals surface area contributed by atoms with E-state index in [1.54, 1.807) is 24.3 Å². The summed E-state index contributed by atoms with van der Waals surface area (Å²) < 4.78 is 32.6. The zero-order valence-corrected chi connectivity index (χ0v) is 19.1. The van der Waals surface area contributed by atoms with E-state index in [-0.39, 0.29) is 29.4 Å². The van der Waals surface area contributed by atoms with Gasteiger partial charge in [0, 0.05) is 11.4 Å². The molecule has 0 saturated carbocycles. The molecule has 31 heavy (non-hydrogen) atoms. The number of hydrogen-bond acceptors (Lipinski definition) is 7. The Morgan fingerprint density at radius 2 is 1.97 bits per heavy atom. The number of aryl methyl sites for hydroxylation is 3. The summed E-state index contributed by atoms with van der Waals surface area (Å²) in [5, 5.41) is 0.545. The molecule has 0 unspecified atom stereocenters. The quantitative estimate of drug-likeness (QED) is 0.585. The smallest absolute Gasteiger partial charge is 0.324 e. The molecule has 1 fully saturated rings. The van der Waals surface area contributed by atoms with Gasteiger partial charge >= 0.3 is 5.97 Å². The number of carbonyl (C=O) groups is 1. The molecule has 0 amide bonds. The van der Waals surface area contributed by atoms with Crippen LogP contribution in [-0.4, -0.2) is 41.2 Å². The number of rotatable bonds is 5. The fraction of sp³-hybridized carbons (Fsp3) is 0.381. The standard InChI is InChI=1S/C21H23N3O5S2/c1-12-6-8-15(9-7-12)31(27,28)24-10-4-5-16(24)21(26)29-11-17-22-19(25)18-13(2)14(3)30-20(18)23-17/h6-9,16H,4-5,10-11H2,1-3H3,(H,22,23,25)/t16-/m1/s1. The minimum atomic E-state index is -3.81. The number of aromatic nitrogens is 2. The van der Waals surface area contributed by atoms with E-state index in [2.05, 4.69) is 9.97 Å². The Morgan fingerprint density at radius 1 is 1.26 bits per heavy atom. The topological polar surface area (TPSA) is 109 Å². The normalized spacial score (nSPS) is 17.3. The lowest BCUT2D eigenvalue weighted by atomic mass is 10.2. The number of thiophene rings is 1. The average molecular weight is 462 g/mol. The number of carbonyl (C=O) groups excluding carboxylic acids is 1. The van der Waals surface area contributed by atoms with E-state index in [0.717, 1.165) is 16.0 Å². The first-order chi connectivity index (χ1) is 14.7. The molecule has 8 nitrogen and oxygen atoms in total. The van der Waals surface area contributed by atoms with Gasteiger partial charge in [-0.1, -0.05) is 17.7 Å². The Hall–Kier alpha value is -2.56. The fourth-order valence-electron chi connectivity index (χ4n) is 3.71. The molecule has 0 spiro atoms. The molecule has 1 aliphatic heterocycles. The maximum absolute atomic E-state index is 13.0. The van der Waals surface area contributed by atoms with Crippen LogP contribution in [0.2, 0.25) is 0 Å². The maximum Gasteiger partial charge on any atom is 0.324 e. The van der Waals surface area contributed by atoms with Gasteiger partial charge in [-0.05, 0) is 51.3 Å². The lowest BCUT2D eigenvalue weighted by Crippen LogP contribution is -2.41. The third-order valence-electron chi connectivity index (χ3n) is 5.54. The number of esters is 1. The molecule has 1 aromatic carbocycles. The molecule has 10 heteroatoms. The summed E-state index contributed by atoms with van der Waals surface area (Å²) in [5.74, 6) is -0.410. The monoisotopic (exact) mass is 461 g/mol. The van der Waals surface area contributed by atoms with E-state index >= 15 is 0 Å². The number of ether oxygens (including phenoxy) is 1. The van der Waals surface area contributed by atoms with Crippen molar-refractivity contribution >= 4 is 37.5 Å². The number of benzene rings is 1. The van der Waals surface area contributed by atoms with E-state index in [9.17, 15) is 18.0 Å². The van der Waals surface area contributed by atoms with Crippen molar-refractivity contribution in [1.82, 2.24) is 14.3 Å². The van der Waals surface area contributed by atoms with Gasteiger partial charge in [0.15, 0.2) is 0 Å². The van der Waals surface area contributed by atoms with Gasteiger partial charge in [-0.3, -0.25) is 9.59 Å². The van der Waals surface area contributed by atoms with Gasteiger partial charge in [-0.15, -0.1) is 11.3 Å². The van der Waals surface area contributed by atoms with Crippen LogP contribution < -0.4 is 5.56 Å². The lowest BCUT2D eigenvalue weighted by molar-refractivity contribution is -0.149. The van der Waals surface area contributed by atoms with E-state index in [4.69, 9.17) is 4.74 Å². The second kappa shape index (κ2) is 8.18. The van der Waals surface area contributed by atoms with Crippen LogP contribution in [0.3, 0.4) is 0 Å². The van der Waals surface area contributed by atoms with Crippen molar-refractivity contribution in [1.29, 1.82) is 0 Å². The second-order valence-electron chi connectivity index (χ2n) is 7.67. The molecular weight excluding hydrogens is 438 g/mol. The molecular formula is C21H23N3O5S2. The minimum Gasteiger partial charge on any atom is -0.456 e. The molecule has 1 atom stereocenters. The van der Waals surface area contributed by atoms with Crippen LogP contribution >= 0.6 is 11.3 Å². The van der Waals surface area contributed by atoms with Gasteiger partial charge in [0.05, 0.1) is 10.3 Å². The van der Waals surface area contributed by atoms with E-state index in [0.29, 0.717) is 23.1 Å². The SMILES string of the molecule is Cc1ccc(S(=O)(=O)N2CCC[C@@H]2C(=O)OCc2nc3sc(C)c(C)c3c(=O)[nH]2)cc1. The van der Waals surface area contributed by atoms with Gasteiger partial charge < -0.3 is 9.72 Å². The Morgan fingerprint density at radius 3 is 2.68 bits per heavy atom. The van der Waals surface area contributed by atoms with Gasteiger partial charge in [-0.2, -0.15) is 4.31 Å². The average Bonchev–Trinajstić information content (AvgIpc) is 3.32. The first kappa shape index (κ1) is 21.7. The van der Waals surface area contributed by atoms with E-state index < -0.39 is 22.0 Å². The summed E-state index contributed by atoms with van der Waals surface area (Å²) in [6.45, 7) is 5.69. The maximum atomic E-state index is 13.0. The number of nitrogens with one attached hydrogen (secondary N) is 1. The highest BCUT2D eigenvalue weighted by atomic mass is 32.2. The van der Waals surface area contributed by atoms with Crippen LogP contribution in [0.4, 0.5) is 0 Å². The summed E-state index contributed by atoms with van der Waals surface area (Å²) in [4.78, 5) is 33.9. The molecule has 1 aliphatic rings. The van der Waals surface area contributed by atoms with Gasteiger partial charge in [-0.25, -0.2) is 13.4 Å². The minimum absolute atomic E-state index is 0.151. The Labute approximate surface area is 183 Å². The first-order valence-corrected chi connectivity index (χ1v) is 12.2. The third kappa shape index (κ3) is 4.02. The van der Waals surface area contributed by atoms with Crippen LogP contribution in [0, 0.1) is 20.8 Å². The second-order valence-corrected chi connectivity index (χ2v) is 10.8. The van der Waals surface area contributed by atoms with Crippen LogP contribution in [0.5, 0.6) is 0 Å². The molecule has 4 rings (SSSR count). The van der Waals surface area contributed by atoms with Crippen LogP contribution in [0.25, 0.3) is 10.2 Å². The predicted molar refractivity (Wildman–Crippen MR) is 118 cm³/mol. The molecule has 0 radical (unpaired) electrons. The van der Waals surface area contributed by atoms with Crippen molar-refractivity contribution in [3.8, 4) is 0 Å². The Balaban J connectivity index is 1.51. The van der Waals surface area contributed by atoms with Crippen LogP contribution in [0.15, 0.2) is 34.0 Å². The number of H-pyrrole nitrogens is 1. The van der Waals surface area contributed by atoms with Gasteiger partial charge in [0.2, 0.25) is 10.0 Å². The summed E-state index contributed by atoms with van der Waals surface area (Å²) in [6, 6.07) is 5.64. The Bertz CT molecular complexity index is 1310. The zero-order chi connectivity index (χ0) is 22.3. The van der Waals surface area contributed by atoms with Gasteiger partial charge in [0.25, 0.3) is 5.56 Å². The van der Waals surface area contributed by atoms with Crippen molar-refractivity contribution in [2.45, 2.75) is 51.2 Å². The van der Waals surface area contributed by atoms with Crippen molar-refractivity contribution in [3.05, 3.63) is 56.4 Å². The summed E-state index contributed by atoms with van der Waals surface area (Å²) in [5.41, 5.74) is 1.56. The van der Waals surface area contributed by atoms with Crippen LogP contribution in [0.1, 0.15) is 34.7 Å². The van der Waals surface area contributed by atoms with Crippen molar-refractivity contribution < 1.29 is 17.9 Å². The molecule has 3 heterocycles. The molecule has 1 saturated heterocycles. The number of nitrogens with zero attached hydrogens (tertiary/aromatic N) is 2. The van der Waals surface area contributed by atoms with Gasteiger partial charge in [0.1, 0.15) is 23.3 Å². The highest BCUT2D eigenvalue weighted by Gasteiger charge is 2.40. The Kier molecular flexibility index (Phi) is 5.71. The van der Waals surface area contributed by atoms with Crippen molar-refractivity contribution in [2.24, 2.45) is 0 Å². The molecule has 3 aromatic rings. The number of aromatic amines is 1. The predicted octanol–water partition coefficient (Wildman–Crippen LogP) is 2.81. The van der Waals surface area contributed by atoms with E-state index in [1.165, 1.54) is 15.6 Å².